The Hall–Kier alpha value is -1.35. The van der Waals surface area contributed by atoms with Crippen LogP contribution in [-0.2, 0) is 0 Å². The molecule has 0 radical (unpaired) electrons. The van der Waals surface area contributed by atoms with E-state index >= 15 is 0 Å². The number of fused-ring (bicyclic) bond motifs is 1. The van der Waals surface area contributed by atoms with Gasteiger partial charge in [0.15, 0.2) is 0 Å². The molecule has 1 unspecified atom stereocenters. The van der Waals surface area contributed by atoms with Crippen molar-refractivity contribution in [3.8, 4) is 0 Å². The first kappa shape index (κ1) is 9.21. The number of hydrogen-bond acceptors (Lipinski definition) is 2. The molecule has 1 heterocycles. The molecule has 2 rings (SSSR count). The van der Waals surface area contributed by atoms with E-state index < -0.39 is 0 Å². The highest BCUT2D eigenvalue weighted by Crippen LogP contribution is 2.18. The number of hydrogen-bond donors (Lipinski definition) is 2. The second-order valence-electron chi connectivity index (χ2n) is 3.61. The van der Waals surface area contributed by atoms with E-state index in [4.69, 9.17) is 0 Å². The Morgan fingerprint density at radius 1 is 1.43 bits per heavy atom. The van der Waals surface area contributed by atoms with Crippen molar-refractivity contribution in [1.29, 1.82) is 0 Å². The van der Waals surface area contributed by atoms with Crippen molar-refractivity contribution in [3.63, 3.8) is 0 Å². The third-order valence-electron chi connectivity index (χ3n) is 2.56. The van der Waals surface area contributed by atoms with E-state index in [2.05, 4.69) is 40.4 Å². The number of imidazole rings is 1. The molecule has 0 aliphatic rings. The lowest BCUT2D eigenvalue weighted by Crippen LogP contribution is -2.11. The summed E-state index contributed by atoms with van der Waals surface area (Å²) < 4.78 is 0. The smallest absolute Gasteiger partial charge is 0.104 e. The highest BCUT2D eigenvalue weighted by atomic mass is 14.9. The SMILES string of the molecule is CNC(C)c1ccc2nc(C)[nH]c2c1. The Labute approximate surface area is 83.6 Å². The zero-order chi connectivity index (χ0) is 10.1. The van der Waals surface area contributed by atoms with Crippen LogP contribution in [0.15, 0.2) is 18.2 Å². The number of H-pyrrole nitrogens is 1. The van der Waals surface area contributed by atoms with Gasteiger partial charge >= 0.3 is 0 Å². The van der Waals surface area contributed by atoms with Gasteiger partial charge in [0.05, 0.1) is 11.0 Å². The molecule has 1 atom stereocenters. The van der Waals surface area contributed by atoms with Crippen molar-refractivity contribution >= 4 is 11.0 Å². The van der Waals surface area contributed by atoms with Gasteiger partial charge in [0.1, 0.15) is 5.82 Å². The number of aryl methyl sites for hydroxylation is 1. The molecule has 3 nitrogen and oxygen atoms in total. The van der Waals surface area contributed by atoms with Crippen LogP contribution in [0.2, 0.25) is 0 Å². The van der Waals surface area contributed by atoms with Gasteiger partial charge in [-0.2, -0.15) is 0 Å². The maximum absolute atomic E-state index is 4.36. The minimum absolute atomic E-state index is 0.378. The van der Waals surface area contributed by atoms with Gasteiger partial charge in [-0.05, 0) is 38.6 Å². The van der Waals surface area contributed by atoms with Crippen molar-refractivity contribution in [3.05, 3.63) is 29.6 Å². The molecule has 0 bridgehead atoms. The number of rotatable bonds is 2. The lowest BCUT2D eigenvalue weighted by molar-refractivity contribution is 0.653. The Balaban J connectivity index is 2.50. The lowest BCUT2D eigenvalue weighted by atomic mass is 10.1. The van der Waals surface area contributed by atoms with Crippen molar-refractivity contribution in [2.24, 2.45) is 0 Å². The third-order valence-corrected chi connectivity index (χ3v) is 2.56. The molecule has 1 aromatic heterocycles. The van der Waals surface area contributed by atoms with Crippen LogP contribution in [0.3, 0.4) is 0 Å². The maximum Gasteiger partial charge on any atom is 0.104 e. The molecule has 0 amide bonds. The fraction of sp³-hybridized carbons (Fsp3) is 0.364. The van der Waals surface area contributed by atoms with Gasteiger partial charge < -0.3 is 10.3 Å². The summed E-state index contributed by atoms with van der Waals surface area (Å²) in [5.74, 6) is 0.967. The average Bonchev–Trinajstić information content (AvgIpc) is 2.55. The summed E-state index contributed by atoms with van der Waals surface area (Å²) >= 11 is 0. The van der Waals surface area contributed by atoms with Gasteiger partial charge in [0, 0.05) is 6.04 Å². The second-order valence-corrected chi connectivity index (χ2v) is 3.61. The summed E-state index contributed by atoms with van der Waals surface area (Å²) in [5, 5.41) is 3.22. The number of aromatic nitrogens is 2. The molecule has 74 valence electrons. The summed E-state index contributed by atoms with van der Waals surface area (Å²) in [6, 6.07) is 6.70. The highest BCUT2D eigenvalue weighted by molar-refractivity contribution is 5.75. The molecule has 2 N–H and O–H groups in total. The van der Waals surface area contributed by atoms with Gasteiger partial charge in [-0.15, -0.1) is 0 Å². The van der Waals surface area contributed by atoms with Crippen LogP contribution in [0.25, 0.3) is 11.0 Å². The number of nitrogens with zero attached hydrogens (tertiary/aromatic N) is 1. The van der Waals surface area contributed by atoms with E-state index in [1.165, 1.54) is 5.56 Å². The largest absolute Gasteiger partial charge is 0.342 e. The molecule has 2 aromatic rings. The molecular formula is C11H15N3. The van der Waals surface area contributed by atoms with Crippen LogP contribution in [-0.4, -0.2) is 17.0 Å². The lowest BCUT2D eigenvalue weighted by Gasteiger charge is -2.09. The monoisotopic (exact) mass is 189 g/mol. The molecule has 14 heavy (non-hydrogen) atoms. The van der Waals surface area contributed by atoms with Crippen LogP contribution in [0.5, 0.6) is 0 Å². The summed E-state index contributed by atoms with van der Waals surface area (Å²) in [4.78, 5) is 7.60. The highest BCUT2D eigenvalue weighted by Gasteiger charge is 2.04. The van der Waals surface area contributed by atoms with Crippen molar-refractivity contribution in [2.75, 3.05) is 7.05 Å². The summed E-state index contributed by atoms with van der Waals surface area (Å²) in [7, 11) is 1.97. The van der Waals surface area contributed by atoms with Gasteiger partial charge in [0.2, 0.25) is 0 Å². The Kier molecular flexibility index (Phi) is 2.25. The van der Waals surface area contributed by atoms with Crippen LogP contribution in [0.4, 0.5) is 0 Å². The van der Waals surface area contributed by atoms with E-state index in [1.54, 1.807) is 0 Å². The van der Waals surface area contributed by atoms with E-state index in [-0.39, 0.29) is 0 Å². The van der Waals surface area contributed by atoms with Crippen molar-refractivity contribution in [1.82, 2.24) is 15.3 Å². The van der Waals surface area contributed by atoms with Gasteiger partial charge in [-0.25, -0.2) is 4.98 Å². The van der Waals surface area contributed by atoms with Crippen LogP contribution >= 0.6 is 0 Å². The maximum atomic E-state index is 4.36. The summed E-state index contributed by atoms with van der Waals surface area (Å²) in [6.45, 7) is 4.12. The van der Waals surface area contributed by atoms with Crippen LogP contribution in [0, 0.1) is 6.92 Å². The van der Waals surface area contributed by atoms with Gasteiger partial charge in [-0.1, -0.05) is 6.07 Å². The topological polar surface area (TPSA) is 40.7 Å². The Morgan fingerprint density at radius 3 is 2.93 bits per heavy atom. The quantitative estimate of drug-likeness (QED) is 0.760. The van der Waals surface area contributed by atoms with E-state index in [1.807, 2.05) is 14.0 Å². The van der Waals surface area contributed by atoms with Crippen LogP contribution in [0.1, 0.15) is 24.4 Å². The predicted molar refractivity (Wildman–Crippen MR) is 58.3 cm³/mol. The molecule has 0 aliphatic carbocycles. The van der Waals surface area contributed by atoms with Gasteiger partial charge in [-0.3, -0.25) is 0 Å². The minimum atomic E-state index is 0.378. The zero-order valence-electron chi connectivity index (χ0n) is 8.76. The molecule has 0 spiro atoms. The number of nitrogens with one attached hydrogen (secondary N) is 2. The Bertz CT molecular complexity index is 445. The molecule has 0 aliphatic heterocycles. The normalized spacial score (nSPS) is 13.4. The fourth-order valence-corrected chi connectivity index (χ4v) is 1.59. The van der Waals surface area contributed by atoms with Crippen molar-refractivity contribution < 1.29 is 0 Å². The number of aromatic amines is 1. The molecular weight excluding hydrogens is 174 g/mol. The molecule has 3 heteroatoms. The minimum Gasteiger partial charge on any atom is -0.342 e. The van der Waals surface area contributed by atoms with Gasteiger partial charge in [0.25, 0.3) is 0 Å². The average molecular weight is 189 g/mol. The van der Waals surface area contributed by atoms with Crippen LogP contribution < -0.4 is 5.32 Å². The molecule has 0 fully saturated rings. The standard InChI is InChI=1S/C11H15N3/c1-7(12-3)9-4-5-10-11(6-9)14-8(2)13-10/h4-7,12H,1-3H3,(H,13,14). The second kappa shape index (κ2) is 3.42. The van der Waals surface area contributed by atoms with Crippen molar-refractivity contribution in [2.45, 2.75) is 19.9 Å². The third kappa shape index (κ3) is 1.51. The van der Waals surface area contributed by atoms with E-state index in [9.17, 15) is 0 Å². The number of benzene rings is 1. The van der Waals surface area contributed by atoms with E-state index in [0.717, 1.165) is 16.9 Å². The first-order valence-corrected chi connectivity index (χ1v) is 4.84. The summed E-state index contributed by atoms with van der Waals surface area (Å²) in [5.41, 5.74) is 3.43. The summed E-state index contributed by atoms with van der Waals surface area (Å²) in [6.07, 6.45) is 0. The van der Waals surface area contributed by atoms with E-state index in [0.29, 0.717) is 6.04 Å². The first-order chi connectivity index (χ1) is 6.70. The first-order valence-electron chi connectivity index (χ1n) is 4.84. The zero-order valence-corrected chi connectivity index (χ0v) is 8.76. The predicted octanol–water partition coefficient (Wildman–Crippen LogP) is 2.15. The Morgan fingerprint density at radius 2 is 2.21 bits per heavy atom. The molecule has 1 aromatic carbocycles. The fourth-order valence-electron chi connectivity index (χ4n) is 1.59. The molecule has 0 saturated heterocycles. The molecule has 0 saturated carbocycles.